The van der Waals surface area contributed by atoms with Crippen LogP contribution in [-0.4, -0.2) is 11.1 Å². The highest BCUT2D eigenvalue weighted by molar-refractivity contribution is 6.34. The number of aliphatic carboxylic acids is 1. The maximum atomic E-state index is 10.6. The maximum Gasteiger partial charge on any atom is 0.306 e. The fourth-order valence-electron chi connectivity index (χ4n) is 1.17. The van der Waals surface area contributed by atoms with Gasteiger partial charge in [-0.3, -0.25) is 4.79 Å². The zero-order chi connectivity index (χ0) is 10.7. The Bertz CT molecular complexity index is 330. The van der Waals surface area contributed by atoms with Crippen LogP contribution >= 0.6 is 23.2 Å². The second-order valence-corrected chi connectivity index (χ2v) is 4.09. The largest absolute Gasteiger partial charge is 0.481 e. The molecule has 0 aliphatic rings. The third-order valence-electron chi connectivity index (χ3n) is 1.89. The first-order valence-electron chi connectivity index (χ1n) is 4.17. The molecule has 0 unspecified atom stereocenters. The molecule has 1 atom stereocenters. The molecule has 1 aromatic rings. The summed E-state index contributed by atoms with van der Waals surface area (Å²) in [4.78, 5) is 10.6. The molecule has 0 spiro atoms. The Morgan fingerprint density at radius 1 is 1.36 bits per heavy atom. The van der Waals surface area contributed by atoms with Gasteiger partial charge < -0.3 is 5.11 Å². The molecule has 14 heavy (non-hydrogen) atoms. The van der Waals surface area contributed by atoms with E-state index in [0.29, 0.717) is 16.5 Å². The van der Waals surface area contributed by atoms with Crippen molar-refractivity contribution in [3.05, 3.63) is 33.8 Å². The Balaban J connectivity index is 2.81. The molecule has 1 N–H and O–H groups in total. The van der Waals surface area contributed by atoms with Crippen LogP contribution in [0.15, 0.2) is 18.2 Å². The maximum absolute atomic E-state index is 10.6. The number of carboxylic acid groups (broad SMARTS) is 1. The van der Waals surface area contributed by atoms with Crippen molar-refractivity contribution >= 4 is 29.2 Å². The second-order valence-electron chi connectivity index (χ2n) is 3.22. The molecule has 1 aromatic carbocycles. The van der Waals surface area contributed by atoms with Crippen molar-refractivity contribution in [1.29, 1.82) is 0 Å². The van der Waals surface area contributed by atoms with Gasteiger partial charge in [0, 0.05) is 10.0 Å². The van der Waals surface area contributed by atoms with Gasteiger partial charge in [0.05, 0.1) is 5.92 Å². The number of rotatable bonds is 3. The number of carbonyl (C=O) groups is 1. The van der Waals surface area contributed by atoms with Crippen LogP contribution in [0.5, 0.6) is 0 Å². The van der Waals surface area contributed by atoms with Crippen LogP contribution in [0, 0.1) is 5.92 Å². The van der Waals surface area contributed by atoms with Gasteiger partial charge in [0.1, 0.15) is 0 Å². The first kappa shape index (κ1) is 11.3. The fraction of sp³-hybridized carbons (Fsp3) is 0.300. The third kappa shape index (κ3) is 3.20. The second kappa shape index (κ2) is 4.67. The third-order valence-corrected chi connectivity index (χ3v) is 2.32. The lowest BCUT2D eigenvalue weighted by molar-refractivity contribution is -0.141. The average molecular weight is 233 g/mol. The van der Waals surface area contributed by atoms with Gasteiger partial charge in [0.25, 0.3) is 0 Å². The minimum absolute atomic E-state index is 0.426. The summed E-state index contributed by atoms with van der Waals surface area (Å²) >= 11 is 11.6. The quantitative estimate of drug-likeness (QED) is 0.869. The molecule has 0 aromatic heterocycles. The smallest absolute Gasteiger partial charge is 0.306 e. The van der Waals surface area contributed by atoms with E-state index in [1.807, 2.05) is 0 Å². The molecule has 0 fully saturated rings. The molecule has 0 radical (unpaired) electrons. The van der Waals surface area contributed by atoms with Crippen molar-refractivity contribution in [2.75, 3.05) is 0 Å². The van der Waals surface area contributed by atoms with E-state index in [0.717, 1.165) is 5.56 Å². The minimum Gasteiger partial charge on any atom is -0.481 e. The summed E-state index contributed by atoms with van der Waals surface area (Å²) in [5, 5.41) is 9.78. The van der Waals surface area contributed by atoms with Crippen molar-refractivity contribution < 1.29 is 9.90 Å². The normalized spacial score (nSPS) is 12.5. The lowest BCUT2D eigenvalue weighted by atomic mass is 10.0. The Morgan fingerprint density at radius 3 is 2.29 bits per heavy atom. The van der Waals surface area contributed by atoms with Crippen LogP contribution in [0.1, 0.15) is 12.5 Å². The minimum atomic E-state index is -0.818. The molecule has 0 saturated heterocycles. The number of hydrogen-bond donors (Lipinski definition) is 1. The summed E-state index contributed by atoms with van der Waals surface area (Å²) in [7, 11) is 0. The molecule has 4 heteroatoms. The number of carboxylic acids is 1. The van der Waals surface area contributed by atoms with Crippen LogP contribution in [0.4, 0.5) is 0 Å². The summed E-state index contributed by atoms with van der Waals surface area (Å²) in [5.74, 6) is -1.24. The molecule has 0 bridgehead atoms. The molecule has 0 heterocycles. The molecular weight excluding hydrogens is 223 g/mol. The summed E-state index contributed by atoms with van der Waals surface area (Å²) < 4.78 is 0. The van der Waals surface area contributed by atoms with Crippen LogP contribution in [0.25, 0.3) is 0 Å². The summed E-state index contributed by atoms with van der Waals surface area (Å²) in [6.07, 6.45) is 0.440. The number of benzene rings is 1. The van der Waals surface area contributed by atoms with Crippen molar-refractivity contribution in [1.82, 2.24) is 0 Å². The van der Waals surface area contributed by atoms with Gasteiger partial charge >= 0.3 is 5.97 Å². The van der Waals surface area contributed by atoms with Crippen LogP contribution < -0.4 is 0 Å². The predicted octanol–water partition coefficient (Wildman–Crippen LogP) is 3.26. The highest BCUT2D eigenvalue weighted by atomic mass is 35.5. The van der Waals surface area contributed by atoms with Gasteiger partial charge in [-0.05, 0) is 30.2 Å². The van der Waals surface area contributed by atoms with Crippen molar-refractivity contribution in [3.63, 3.8) is 0 Å². The van der Waals surface area contributed by atoms with E-state index in [4.69, 9.17) is 28.3 Å². The van der Waals surface area contributed by atoms with Gasteiger partial charge in [0.15, 0.2) is 0 Å². The van der Waals surface area contributed by atoms with Gasteiger partial charge in [0.2, 0.25) is 0 Å². The fourth-order valence-corrected chi connectivity index (χ4v) is 1.74. The number of hydrogen-bond acceptors (Lipinski definition) is 1. The van der Waals surface area contributed by atoms with Crippen molar-refractivity contribution in [2.24, 2.45) is 5.92 Å². The average Bonchev–Trinajstić information content (AvgIpc) is 2.01. The van der Waals surface area contributed by atoms with E-state index in [-0.39, 0.29) is 0 Å². The molecule has 0 saturated carbocycles. The van der Waals surface area contributed by atoms with Gasteiger partial charge in [-0.2, -0.15) is 0 Å². The first-order valence-corrected chi connectivity index (χ1v) is 4.92. The molecular formula is C10H10Cl2O2. The standard InChI is InChI=1S/C10H10Cl2O2/c1-6(10(13)14)2-7-3-8(11)5-9(12)4-7/h3-6H,2H2,1H3,(H,13,14)/t6-/m1/s1. The molecule has 0 aliphatic heterocycles. The Labute approximate surface area is 92.5 Å². The van der Waals surface area contributed by atoms with Gasteiger partial charge in [-0.15, -0.1) is 0 Å². The lowest BCUT2D eigenvalue weighted by Crippen LogP contribution is -2.12. The summed E-state index contributed by atoms with van der Waals surface area (Å²) in [5.41, 5.74) is 0.845. The van der Waals surface area contributed by atoms with Crippen LogP contribution in [0.3, 0.4) is 0 Å². The molecule has 1 rings (SSSR count). The Morgan fingerprint density at radius 2 is 1.86 bits per heavy atom. The van der Waals surface area contributed by atoms with Gasteiger partial charge in [-0.1, -0.05) is 30.1 Å². The van der Waals surface area contributed by atoms with Crippen molar-refractivity contribution in [2.45, 2.75) is 13.3 Å². The summed E-state index contributed by atoms with van der Waals surface area (Å²) in [6, 6.07) is 5.08. The predicted molar refractivity (Wildman–Crippen MR) is 57.0 cm³/mol. The monoisotopic (exact) mass is 232 g/mol. The van der Waals surface area contributed by atoms with Crippen LogP contribution in [-0.2, 0) is 11.2 Å². The van der Waals surface area contributed by atoms with Crippen LogP contribution in [0.2, 0.25) is 10.0 Å². The Hall–Kier alpha value is -0.730. The zero-order valence-corrected chi connectivity index (χ0v) is 9.14. The van der Waals surface area contributed by atoms with E-state index in [1.54, 1.807) is 25.1 Å². The molecule has 76 valence electrons. The topological polar surface area (TPSA) is 37.3 Å². The zero-order valence-electron chi connectivity index (χ0n) is 7.63. The highest BCUT2D eigenvalue weighted by Gasteiger charge is 2.12. The lowest BCUT2D eigenvalue weighted by Gasteiger charge is -2.06. The summed E-state index contributed by atoms with van der Waals surface area (Å²) in [6.45, 7) is 1.65. The van der Waals surface area contributed by atoms with E-state index >= 15 is 0 Å². The highest BCUT2D eigenvalue weighted by Crippen LogP contribution is 2.21. The molecule has 2 nitrogen and oxygen atoms in total. The molecule has 0 amide bonds. The molecule has 0 aliphatic carbocycles. The van der Waals surface area contributed by atoms with E-state index in [2.05, 4.69) is 0 Å². The first-order chi connectivity index (χ1) is 6.49. The van der Waals surface area contributed by atoms with E-state index < -0.39 is 11.9 Å². The number of halogens is 2. The Kier molecular flexibility index (Phi) is 3.78. The van der Waals surface area contributed by atoms with E-state index in [9.17, 15) is 4.79 Å². The SMILES string of the molecule is C[C@H](Cc1cc(Cl)cc(Cl)c1)C(=O)O. The van der Waals surface area contributed by atoms with Gasteiger partial charge in [-0.25, -0.2) is 0 Å². The van der Waals surface area contributed by atoms with E-state index in [1.165, 1.54) is 0 Å². The van der Waals surface area contributed by atoms with Crippen molar-refractivity contribution in [3.8, 4) is 0 Å².